The number of halogens is 7. The first-order chi connectivity index (χ1) is 14.6. The zero-order valence-corrected chi connectivity index (χ0v) is 16.6. The van der Waals surface area contributed by atoms with Crippen molar-refractivity contribution in [3.63, 3.8) is 0 Å². The van der Waals surface area contributed by atoms with Crippen molar-refractivity contribution in [3.05, 3.63) is 73.9 Å². The minimum Gasteiger partial charge on any atom is -0.399 e. The summed E-state index contributed by atoms with van der Waals surface area (Å²) in [6.07, 6.45) is -12.7. The molecule has 0 fully saturated rings. The van der Waals surface area contributed by atoms with Crippen molar-refractivity contribution in [2.24, 2.45) is 7.05 Å². The van der Waals surface area contributed by atoms with Crippen molar-refractivity contribution in [1.29, 1.82) is 0 Å². The second-order valence-electron chi connectivity index (χ2n) is 7.31. The van der Waals surface area contributed by atoms with Crippen molar-refractivity contribution < 1.29 is 30.7 Å². The van der Waals surface area contributed by atoms with Gasteiger partial charge in [-0.2, -0.15) is 26.3 Å². The van der Waals surface area contributed by atoms with Gasteiger partial charge in [-0.3, -0.25) is 13.9 Å². The molecule has 32 heavy (non-hydrogen) atoms. The number of nitrogens with zero attached hydrogens (tertiary/aromatic N) is 2. The summed E-state index contributed by atoms with van der Waals surface area (Å²) < 4.78 is 94.7. The third kappa shape index (κ3) is 3.53. The zero-order valence-electron chi connectivity index (χ0n) is 16.6. The van der Waals surface area contributed by atoms with E-state index in [-0.39, 0.29) is 24.2 Å². The van der Waals surface area contributed by atoms with Gasteiger partial charge < -0.3 is 5.73 Å². The van der Waals surface area contributed by atoms with Crippen LogP contribution in [0, 0.1) is 6.92 Å². The number of nitrogen functional groups attached to an aromatic ring is 1. The number of aromatic nitrogens is 2. The molecule has 2 N–H and O–H groups in total. The van der Waals surface area contributed by atoms with Crippen molar-refractivity contribution in [2.75, 3.05) is 5.73 Å². The molecule has 3 rings (SSSR count). The van der Waals surface area contributed by atoms with Crippen LogP contribution in [0.25, 0.3) is 10.9 Å². The molecular formula is C20H16F7N3O2. The first kappa shape index (κ1) is 23.4. The minimum absolute atomic E-state index is 0.183. The fourth-order valence-corrected chi connectivity index (χ4v) is 3.38. The van der Waals surface area contributed by atoms with E-state index >= 15 is 0 Å². The van der Waals surface area contributed by atoms with Crippen LogP contribution >= 0.6 is 0 Å². The molecule has 1 heterocycles. The minimum atomic E-state index is -6.33. The third-order valence-electron chi connectivity index (χ3n) is 5.21. The highest BCUT2D eigenvalue weighted by Gasteiger charge is 2.73. The van der Waals surface area contributed by atoms with Gasteiger partial charge in [0, 0.05) is 18.3 Å². The topological polar surface area (TPSA) is 70.0 Å². The Hall–Kier alpha value is -3.31. The first-order valence-corrected chi connectivity index (χ1v) is 9.01. The molecule has 3 aromatic rings. The molecule has 12 heteroatoms. The number of alkyl halides is 7. The quantitative estimate of drug-likeness (QED) is 0.473. The molecular weight excluding hydrogens is 447 g/mol. The van der Waals surface area contributed by atoms with Crippen LogP contribution in [0.15, 0.2) is 46.0 Å². The van der Waals surface area contributed by atoms with E-state index in [0.29, 0.717) is 27.4 Å². The van der Waals surface area contributed by atoms with Gasteiger partial charge in [0.05, 0.1) is 17.4 Å². The highest BCUT2D eigenvalue weighted by Crippen LogP contribution is 2.53. The number of hydrogen-bond donors (Lipinski definition) is 1. The lowest BCUT2D eigenvalue weighted by molar-refractivity contribution is -0.348. The SMILES string of the molecule is Cc1cc(Cn2c(=O)c3cc(C(F)(C(F)(F)F)C(F)(F)F)ccc3n(C)c2=O)ccc1N. The Morgan fingerprint density at radius 1 is 0.906 bits per heavy atom. The van der Waals surface area contributed by atoms with Gasteiger partial charge in [0.15, 0.2) is 0 Å². The summed E-state index contributed by atoms with van der Waals surface area (Å²) in [6, 6.07) is 5.72. The Labute approximate surface area is 175 Å². The van der Waals surface area contributed by atoms with E-state index in [0.717, 1.165) is 4.57 Å². The summed E-state index contributed by atoms with van der Waals surface area (Å²) in [6.45, 7) is 1.34. The lowest BCUT2D eigenvalue weighted by Gasteiger charge is -2.30. The average Bonchev–Trinajstić information content (AvgIpc) is 2.69. The van der Waals surface area contributed by atoms with E-state index in [4.69, 9.17) is 5.73 Å². The van der Waals surface area contributed by atoms with Crippen LogP contribution in [0.1, 0.15) is 16.7 Å². The van der Waals surface area contributed by atoms with Crippen LogP contribution in [0.3, 0.4) is 0 Å². The molecule has 0 saturated heterocycles. The van der Waals surface area contributed by atoms with Crippen molar-refractivity contribution in [2.45, 2.75) is 31.5 Å². The monoisotopic (exact) mass is 463 g/mol. The highest BCUT2D eigenvalue weighted by atomic mass is 19.4. The summed E-state index contributed by atoms with van der Waals surface area (Å²) in [7, 11) is 1.19. The lowest BCUT2D eigenvalue weighted by Crippen LogP contribution is -2.50. The number of nitrogens with two attached hydrogens (primary N) is 1. The largest absolute Gasteiger partial charge is 0.435 e. The van der Waals surface area contributed by atoms with Crippen LogP contribution in [-0.4, -0.2) is 21.5 Å². The van der Waals surface area contributed by atoms with Crippen molar-refractivity contribution >= 4 is 16.6 Å². The second-order valence-corrected chi connectivity index (χ2v) is 7.31. The van der Waals surface area contributed by atoms with E-state index < -0.39 is 40.2 Å². The zero-order chi connectivity index (χ0) is 24.2. The summed E-state index contributed by atoms with van der Waals surface area (Å²) in [4.78, 5) is 25.5. The number of hydrogen-bond acceptors (Lipinski definition) is 3. The van der Waals surface area contributed by atoms with E-state index in [1.807, 2.05) is 0 Å². The number of fused-ring (bicyclic) bond motifs is 1. The summed E-state index contributed by atoms with van der Waals surface area (Å²) in [5.41, 5.74) is -2.55. The molecule has 0 amide bonds. The van der Waals surface area contributed by atoms with Gasteiger partial charge in [-0.1, -0.05) is 18.2 Å². The standard InChI is InChI=1S/C20H16F7N3O2/c1-10-7-11(3-5-14(10)28)9-30-16(31)13-8-12(4-6-15(13)29(2)17(30)32)18(21,19(22,23)24)20(25,26)27/h3-8H,9,28H2,1-2H3. The molecule has 0 bridgehead atoms. The van der Waals surface area contributed by atoms with Crippen LogP contribution in [0.2, 0.25) is 0 Å². The van der Waals surface area contributed by atoms with Crippen LogP contribution < -0.4 is 17.0 Å². The molecule has 0 aliphatic heterocycles. The Morgan fingerprint density at radius 2 is 1.50 bits per heavy atom. The van der Waals surface area contributed by atoms with Crippen LogP contribution in [0.5, 0.6) is 0 Å². The molecule has 1 aromatic heterocycles. The van der Waals surface area contributed by atoms with E-state index in [9.17, 15) is 40.3 Å². The maximum Gasteiger partial charge on any atom is 0.435 e. The smallest absolute Gasteiger partial charge is 0.399 e. The Kier molecular flexibility index (Phi) is 5.39. The fraction of sp³-hybridized carbons (Fsp3) is 0.300. The predicted molar refractivity (Wildman–Crippen MR) is 103 cm³/mol. The van der Waals surface area contributed by atoms with Gasteiger partial charge in [0.1, 0.15) is 0 Å². The normalized spacial score (nSPS) is 13.0. The van der Waals surface area contributed by atoms with Gasteiger partial charge in [-0.25, -0.2) is 9.18 Å². The highest BCUT2D eigenvalue weighted by molar-refractivity contribution is 5.79. The first-order valence-electron chi connectivity index (χ1n) is 9.01. The Balaban J connectivity index is 2.29. The van der Waals surface area contributed by atoms with Crippen molar-refractivity contribution in [1.82, 2.24) is 9.13 Å². The predicted octanol–water partition coefficient (Wildman–Crippen LogP) is 3.93. The second kappa shape index (κ2) is 7.38. The molecule has 0 aliphatic carbocycles. The molecule has 0 saturated carbocycles. The Bertz CT molecular complexity index is 1310. The number of rotatable bonds is 3. The average molecular weight is 463 g/mol. The van der Waals surface area contributed by atoms with Crippen LogP contribution in [0.4, 0.5) is 36.4 Å². The summed E-state index contributed by atoms with van der Waals surface area (Å²) in [5, 5.41) is -0.674. The molecule has 0 atom stereocenters. The third-order valence-corrected chi connectivity index (χ3v) is 5.21. The molecule has 5 nitrogen and oxygen atoms in total. The van der Waals surface area contributed by atoms with Gasteiger partial charge in [0.25, 0.3) is 5.56 Å². The summed E-state index contributed by atoms with van der Waals surface area (Å²) >= 11 is 0. The van der Waals surface area contributed by atoms with Gasteiger partial charge in [-0.15, -0.1) is 0 Å². The van der Waals surface area contributed by atoms with Gasteiger partial charge in [0.2, 0.25) is 0 Å². The molecule has 2 aromatic carbocycles. The maximum atomic E-state index is 14.5. The lowest BCUT2D eigenvalue weighted by atomic mass is 9.93. The summed E-state index contributed by atoms with van der Waals surface area (Å²) in [5.74, 6) is 0. The molecule has 0 radical (unpaired) electrons. The molecule has 0 spiro atoms. The van der Waals surface area contributed by atoms with E-state index in [1.54, 1.807) is 13.0 Å². The Morgan fingerprint density at radius 3 is 2.03 bits per heavy atom. The molecule has 0 aliphatic rings. The van der Waals surface area contributed by atoms with E-state index in [1.165, 1.54) is 19.2 Å². The van der Waals surface area contributed by atoms with Crippen LogP contribution in [-0.2, 0) is 19.3 Å². The fourth-order valence-electron chi connectivity index (χ4n) is 3.38. The van der Waals surface area contributed by atoms with Gasteiger partial charge >= 0.3 is 23.7 Å². The van der Waals surface area contributed by atoms with E-state index in [2.05, 4.69) is 0 Å². The van der Waals surface area contributed by atoms with Crippen molar-refractivity contribution in [3.8, 4) is 0 Å². The molecule has 0 unspecified atom stereocenters. The number of aryl methyl sites for hydroxylation is 2. The number of benzene rings is 2. The molecule has 172 valence electrons. The maximum absolute atomic E-state index is 14.5. The number of anilines is 1. The van der Waals surface area contributed by atoms with Gasteiger partial charge in [-0.05, 0) is 36.2 Å².